The Hall–Kier alpha value is -0.395. The van der Waals surface area contributed by atoms with Crippen molar-refractivity contribution in [2.45, 2.75) is 52.2 Å². The Morgan fingerprint density at radius 1 is 1.18 bits per heavy atom. The summed E-state index contributed by atoms with van der Waals surface area (Å²) in [6.07, 6.45) is 0.847. The van der Waals surface area contributed by atoms with Crippen molar-refractivity contribution in [2.24, 2.45) is 0 Å². The first-order chi connectivity index (χ1) is 7.40. The molecular weight excluding hydrogens is 223 g/mol. The third-order valence-corrected chi connectivity index (χ3v) is 2.47. The Morgan fingerprint density at radius 2 is 1.53 bits per heavy atom. The van der Waals surface area contributed by atoms with E-state index in [1.165, 1.54) is 0 Å². The van der Waals surface area contributed by atoms with Gasteiger partial charge in [0.2, 0.25) is 0 Å². The molecule has 0 radical (unpaired) electrons. The second-order valence-electron chi connectivity index (χ2n) is 4.97. The van der Waals surface area contributed by atoms with Crippen LogP contribution in [-0.2, 0) is 4.74 Å². The Labute approximate surface area is 104 Å². The summed E-state index contributed by atoms with van der Waals surface area (Å²) in [5, 5.41) is 31.3. The molecule has 0 aliphatic carbocycles. The zero-order valence-electron chi connectivity index (χ0n) is 11.4. The van der Waals surface area contributed by atoms with Gasteiger partial charge in [-0.2, -0.15) is 0 Å². The molecule has 0 fully saturated rings. The molecule has 0 bridgehead atoms. The molecule has 0 amide bonds. The van der Waals surface area contributed by atoms with Gasteiger partial charge in [0.15, 0.2) is 0 Å². The normalized spacial score (nSPS) is 11.6. The van der Waals surface area contributed by atoms with E-state index in [0.717, 1.165) is 12.0 Å². The van der Waals surface area contributed by atoms with Gasteiger partial charge in [0.1, 0.15) is 0 Å². The average molecular weight is 248 g/mol. The van der Waals surface area contributed by atoms with Gasteiger partial charge in [-0.3, -0.25) is 0 Å². The highest BCUT2D eigenvalue weighted by molar-refractivity contribution is 6.30. The molecule has 0 heterocycles. The molecule has 0 rings (SSSR count). The maximum absolute atomic E-state index is 9.76. The third kappa shape index (κ3) is 11.9. The summed E-state index contributed by atoms with van der Waals surface area (Å²) in [6, 6.07) is 0. The van der Waals surface area contributed by atoms with E-state index in [1.54, 1.807) is 13.8 Å². The minimum Gasteiger partial charge on any atom is -0.402 e. The van der Waals surface area contributed by atoms with Crippen molar-refractivity contribution in [3.05, 3.63) is 12.2 Å². The van der Waals surface area contributed by atoms with E-state index >= 15 is 0 Å². The lowest BCUT2D eigenvalue weighted by Crippen LogP contribution is -2.47. The van der Waals surface area contributed by atoms with Crippen LogP contribution >= 0.6 is 0 Å². The average Bonchev–Trinajstić information content (AvgIpc) is 1.98. The summed E-state index contributed by atoms with van der Waals surface area (Å²) in [4.78, 5) is 0. The maximum atomic E-state index is 9.76. The molecular formula is C11H25BO5. The topological polar surface area (TPSA) is 90.2 Å². The molecule has 5 nitrogen and oxygen atoms in total. The minimum absolute atomic E-state index is 0.511. The molecule has 0 aliphatic heterocycles. The second-order valence-corrected chi connectivity index (χ2v) is 4.97. The smallest absolute Gasteiger partial charge is 0.402 e. The first-order valence-electron chi connectivity index (χ1n) is 5.45. The van der Waals surface area contributed by atoms with Crippen molar-refractivity contribution in [3.8, 4) is 0 Å². The van der Waals surface area contributed by atoms with Crippen molar-refractivity contribution < 1.29 is 24.9 Å². The summed E-state index contributed by atoms with van der Waals surface area (Å²) in [6.45, 7) is 13.7. The van der Waals surface area contributed by atoms with Crippen LogP contribution in [0, 0.1) is 0 Å². The van der Waals surface area contributed by atoms with E-state index in [4.69, 9.17) is 19.8 Å². The van der Waals surface area contributed by atoms with Crippen molar-refractivity contribution in [1.29, 1.82) is 0 Å². The van der Waals surface area contributed by atoms with Gasteiger partial charge in [0.05, 0.1) is 17.8 Å². The molecule has 0 aromatic rings. The fourth-order valence-corrected chi connectivity index (χ4v) is 0.657. The molecule has 0 spiro atoms. The molecule has 4 N–H and O–H groups in total. The first kappa shape index (κ1) is 19.0. The number of ether oxygens (including phenoxy) is 1. The molecule has 0 aliphatic rings. The van der Waals surface area contributed by atoms with Gasteiger partial charge in [-0.15, -0.1) is 6.58 Å². The van der Waals surface area contributed by atoms with Crippen molar-refractivity contribution in [1.82, 2.24) is 0 Å². The Morgan fingerprint density at radius 3 is 1.76 bits per heavy atom. The Kier molecular flexibility index (Phi) is 8.74. The van der Waals surface area contributed by atoms with Crippen LogP contribution in [0.3, 0.4) is 0 Å². The van der Waals surface area contributed by atoms with Crippen LogP contribution in [0.5, 0.6) is 0 Å². The molecule has 0 saturated carbocycles. The van der Waals surface area contributed by atoms with E-state index in [1.807, 2.05) is 20.8 Å². The van der Waals surface area contributed by atoms with Gasteiger partial charge >= 0.3 is 7.32 Å². The summed E-state index contributed by atoms with van der Waals surface area (Å²) in [7, 11) is -2.17. The van der Waals surface area contributed by atoms with Gasteiger partial charge in [-0.1, -0.05) is 5.57 Å². The van der Waals surface area contributed by atoms with Gasteiger partial charge in [0, 0.05) is 0 Å². The fraction of sp³-hybridized carbons (Fsp3) is 0.818. The van der Waals surface area contributed by atoms with Crippen molar-refractivity contribution in [2.75, 3.05) is 6.61 Å². The molecule has 0 unspecified atom stereocenters. The summed E-state index contributed by atoms with van der Waals surface area (Å²) < 4.78 is 5.59. The monoisotopic (exact) mass is 248 g/mol. The number of aliphatic hydroxyl groups is 1. The zero-order valence-corrected chi connectivity index (χ0v) is 11.4. The van der Waals surface area contributed by atoms with E-state index in [9.17, 15) is 5.11 Å². The van der Waals surface area contributed by atoms with Gasteiger partial charge < -0.3 is 24.9 Å². The molecule has 0 atom stereocenters. The van der Waals surface area contributed by atoms with Crippen molar-refractivity contribution in [3.63, 3.8) is 0 Å². The van der Waals surface area contributed by atoms with Crippen LogP contribution < -0.4 is 0 Å². The van der Waals surface area contributed by atoms with Crippen LogP contribution in [0.2, 0.25) is 0 Å². The van der Waals surface area contributed by atoms with Crippen LogP contribution in [0.15, 0.2) is 12.2 Å². The van der Waals surface area contributed by atoms with Gasteiger partial charge in [0.25, 0.3) is 0 Å². The summed E-state index contributed by atoms with van der Waals surface area (Å²) in [5.41, 5.74) is -0.226. The van der Waals surface area contributed by atoms with Crippen LogP contribution in [0.25, 0.3) is 0 Å². The molecule has 102 valence electrons. The largest absolute Gasteiger partial charge is 0.631 e. The SMILES string of the molecule is C=C(C)CCOC(C)(C)C(C)(C)O.OB(O)O. The molecule has 17 heavy (non-hydrogen) atoms. The molecule has 0 saturated heterocycles. The van der Waals surface area contributed by atoms with Gasteiger partial charge in [-0.25, -0.2) is 0 Å². The van der Waals surface area contributed by atoms with Crippen LogP contribution in [0.4, 0.5) is 0 Å². The van der Waals surface area contributed by atoms with E-state index in [2.05, 4.69) is 6.58 Å². The zero-order chi connectivity index (χ0) is 14.3. The molecule has 6 heteroatoms. The van der Waals surface area contributed by atoms with Crippen LogP contribution in [-0.4, -0.2) is 45.3 Å². The highest BCUT2D eigenvalue weighted by atomic mass is 16.5. The highest BCUT2D eigenvalue weighted by Gasteiger charge is 2.35. The predicted octanol–water partition coefficient (Wildman–Crippen LogP) is 0.467. The summed E-state index contributed by atoms with van der Waals surface area (Å²) >= 11 is 0. The fourth-order valence-electron chi connectivity index (χ4n) is 0.657. The number of rotatable bonds is 5. The summed E-state index contributed by atoms with van der Waals surface area (Å²) in [5.74, 6) is 0. The van der Waals surface area contributed by atoms with Crippen LogP contribution in [0.1, 0.15) is 41.0 Å². The molecule has 0 aromatic heterocycles. The van der Waals surface area contributed by atoms with E-state index in [-0.39, 0.29) is 0 Å². The Bertz CT molecular complexity index is 218. The maximum Gasteiger partial charge on any atom is 0.631 e. The van der Waals surface area contributed by atoms with Crippen molar-refractivity contribution >= 4 is 7.32 Å². The predicted molar refractivity (Wildman–Crippen MR) is 68.2 cm³/mol. The van der Waals surface area contributed by atoms with Gasteiger partial charge in [-0.05, 0) is 41.0 Å². The lowest BCUT2D eigenvalue weighted by atomic mass is 9.89. The van der Waals surface area contributed by atoms with E-state index in [0.29, 0.717) is 6.61 Å². The van der Waals surface area contributed by atoms with E-state index < -0.39 is 18.5 Å². The quantitative estimate of drug-likeness (QED) is 0.419. The minimum atomic E-state index is -2.17. The third-order valence-electron chi connectivity index (χ3n) is 2.47. The number of hydrogen-bond acceptors (Lipinski definition) is 5. The number of hydrogen-bond donors (Lipinski definition) is 4. The Balaban J connectivity index is 0. The highest BCUT2D eigenvalue weighted by Crippen LogP contribution is 2.25. The molecule has 0 aromatic carbocycles. The lowest BCUT2D eigenvalue weighted by molar-refractivity contribution is -0.146. The lowest BCUT2D eigenvalue weighted by Gasteiger charge is -2.37. The standard InChI is InChI=1S/C11H22O2.BH3O3/c1-9(2)7-8-13-11(5,6)10(3,4)12;2-1(3)4/h12H,1,7-8H2,2-6H3;2-4H. The first-order valence-corrected chi connectivity index (χ1v) is 5.45. The second kappa shape index (κ2) is 7.84.